The number of hydrogen-bond donors (Lipinski definition) is 2. The van der Waals surface area contributed by atoms with Crippen molar-refractivity contribution in [2.24, 2.45) is 5.92 Å². The number of hydrogen-bond acceptors (Lipinski definition) is 3. The first-order valence-electron chi connectivity index (χ1n) is 5.62. The Morgan fingerprint density at radius 3 is 3.00 bits per heavy atom. The van der Waals surface area contributed by atoms with Crippen molar-refractivity contribution in [2.45, 2.75) is 12.5 Å². The first-order valence-corrected chi connectivity index (χ1v) is 5.62. The topological polar surface area (TPSA) is 50.4 Å². The standard InChI is InChI=1S/C12H14N2O2/c15-12-11(8-5-6-13-7-8)16-10-4-2-1-3-9(10)14-12/h1-4,8,11,13H,5-7H2,(H,14,15). The van der Waals surface area contributed by atoms with Gasteiger partial charge in [-0.05, 0) is 25.1 Å². The summed E-state index contributed by atoms with van der Waals surface area (Å²) in [6.45, 7) is 1.83. The molecule has 0 aromatic heterocycles. The Balaban J connectivity index is 1.86. The third-order valence-corrected chi connectivity index (χ3v) is 3.18. The number of benzene rings is 1. The normalized spacial score (nSPS) is 28.1. The molecule has 0 bridgehead atoms. The molecule has 0 radical (unpaired) electrons. The van der Waals surface area contributed by atoms with E-state index in [9.17, 15) is 4.79 Å². The number of para-hydroxylation sites is 2. The summed E-state index contributed by atoms with van der Waals surface area (Å²) in [5.74, 6) is 1.04. The van der Waals surface area contributed by atoms with Gasteiger partial charge in [0.15, 0.2) is 6.10 Å². The number of carbonyl (C=O) groups excluding carboxylic acids is 1. The van der Waals surface area contributed by atoms with E-state index in [0.717, 1.165) is 30.9 Å². The van der Waals surface area contributed by atoms with Gasteiger partial charge in [0.1, 0.15) is 5.75 Å². The van der Waals surface area contributed by atoms with Crippen molar-refractivity contribution in [3.8, 4) is 5.75 Å². The van der Waals surface area contributed by atoms with Gasteiger partial charge in [0.2, 0.25) is 0 Å². The molecule has 2 aliphatic heterocycles. The van der Waals surface area contributed by atoms with Gasteiger partial charge in [-0.2, -0.15) is 0 Å². The van der Waals surface area contributed by atoms with Crippen LogP contribution in [0.5, 0.6) is 5.75 Å². The maximum atomic E-state index is 11.9. The van der Waals surface area contributed by atoms with Gasteiger partial charge in [-0.3, -0.25) is 4.79 Å². The maximum absolute atomic E-state index is 11.9. The minimum Gasteiger partial charge on any atom is -0.478 e. The second-order valence-corrected chi connectivity index (χ2v) is 4.28. The molecular formula is C12H14N2O2. The largest absolute Gasteiger partial charge is 0.478 e. The van der Waals surface area contributed by atoms with Crippen molar-refractivity contribution in [3.63, 3.8) is 0 Å². The van der Waals surface area contributed by atoms with Crippen LogP contribution >= 0.6 is 0 Å². The summed E-state index contributed by atoms with van der Waals surface area (Å²) in [5, 5.41) is 6.15. The van der Waals surface area contributed by atoms with E-state index in [1.54, 1.807) is 0 Å². The molecule has 16 heavy (non-hydrogen) atoms. The van der Waals surface area contributed by atoms with Gasteiger partial charge >= 0.3 is 0 Å². The van der Waals surface area contributed by atoms with Crippen LogP contribution in [0.3, 0.4) is 0 Å². The Labute approximate surface area is 94.0 Å². The molecule has 1 aromatic carbocycles. The van der Waals surface area contributed by atoms with Gasteiger partial charge < -0.3 is 15.4 Å². The van der Waals surface area contributed by atoms with Crippen molar-refractivity contribution >= 4 is 11.6 Å². The summed E-state index contributed by atoms with van der Waals surface area (Å²) in [6, 6.07) is 7.56. The van der Waals surface area contributed by atoms with Crippen molar-refractivity contribution in [3.05, 3.63) is 24.3 Å². The van der Waals surface area contributed by atoms with Crippen molar-refractivity contribution < 1.29 is 9.53 Å². The van der Waals surface area contributed by atoms with E-state index in [4.69, 9.17) is 4.74 Å². The Morgan fingerprint density at radius 1 is 1.31 bits per heavy atom. The lowest BCUT2D eigenvalue weighted by atomic mass is 9.99. The van der Waals surface area contributed by atoms with E-state index in [1.807, 2.05) is 24.3 Å². The quantitative estimate of drug-likeness (QED) is 0.739. The molecule has 3 rings (SSSR count). The summed E-state index contributed by atoms with van der Waals surface area (Å²) < 4.78 is 5.78. The highest BCUT2D eigenvalue weighted by atomic mass is 16.5. The van der Waals surface area contributed by atoms with Gasteiger partial charge in [-0.25, -0.2) is 0 Å². The monoisotopic (exact) mass is 218 g/mol. The molecule has 2 atom stereocenters. The zero-order valence-corrected chi connectivity index (χ0v) is 8.90. The van der Waals surface area contributed by atoms with Crippen LogP contribution < -0.4 is 15.4 Å². The van der Waals surface area contributed by atoms with Crippen molar-refractivity contribution in [2.75, 3.05) is 18.4 Å². The molecular weight excluding hydrogens is 204 g/mol. The number of rotatable bonds is 1. The molecule has 2 aliphatic rings. The molecule has 2 unspecified atom stereocenters. The van der Waals surface area contributed by atoms with Crippen LogP contribution in [0.4, 0.5) is 5.69 Å². The van der Waals surface area contributed by atoms with Gasteiger partial charge in [-0.15, -0.1) is 0 Å². The molecule has 1 amide bonds. The Bertz CT molecular complexity index is 413. The van der Waals surface area contributed by atoms with Crippen molar-refractivity contribution in [1.82, 2.24) is 5.32 Å². The number of amides is 1. The van der Waals surface area contributed by atoms with E-state index >= 15 is 0 Å². The molecule has 0 spiro atoms. The SMILES string of the molecule is O=C1Nc2ccccc2OC1C1CCNC1. The van der Waals surface area contributed by atoms with Crippen LogP contribution in [-0.4, -0.2) is 25.1 Å². The number of nitrogens with one attached hydrogen (secondary N) is 2. The van der Waals surface area contributed by atoms with E-state index in [1.165, 1.54) is 0 Å². The van der Waals surface area contributed by atoms with Crippen LogP contribution in [0, 0.1) is 5.92 Å². The highest BCUT2D eigenvalue weighted by molar-refractivity contribution is 5.97. The Kier molecular flexibility index (Phi) is 2.29. The fourth-order valence-electron chi connectivity index (χ4n) is 2.31. The summed E-state index contributed by atoms with van der Waals surface area (Å²) in [6.07, 6.45) is 0.658. The summed E-state index contributed by atoms with van der Waals surface area (Å²) in [5.41, 5.74) is 0.773. The number of carbonyl (C=O) groups is 1. The predicted octanol–water partition coefficient (Wildman–Crippen LogP) is 0.996. The molecule has 1 fully saturated rings. The predicted molar refractivity (Wildman–Crippen MR) is 60.5 cm³/mol. The second kappa shape index (κ2) is 3.79. The third kappa shape index (κ3) is 1.55. The Hall–Kier alpha value is -1.55. The van der Waals surface area contributed by atoms with Gasteiger partial charge in [-0.1, -0.05) is 12.1 Å². The molecule has 4 nitrogen and oxygen atoms in total. The minimum atomic E-state index is -0.343. The van der Waals surface area contributed by atoms with Crippen LogP contribution in [0.2, 0.25) is 0 Å². The zero-order chi connectivity index (χ0) is 11.0. The summed E-state index contributed by atoms with van der Waals surface area (Å²) in [7, 11) is 0. The van der Waals surface area contributed by atoms with Gasteiger partial charge in [0.05, 0.1) is 5.69 Å². The van der Waals surface area contributed by atoms with Crippen LogP contribution in [0.25, 0.3) is 0 Å². The lowest BCUT2D eigenvalue weighted by molar-refractivity contribution is -0.125. The minimum absolute atomic E-state index is 0.0209. The highest BCUT2D eigenvalue weighted by Crippen LogP contribution is 2.32. The Morgan fingerprint density at radius 2 is 2.19 bits per heavy atom. The number of anilines is 1. The molecule has 0 saturated carbocycles. The first kappa shape index (κ1) is 9.66. The van der Waals surface area contributed by atoms with E-state index in [0.29, 0.717) is 0 Å². The van der Waals surface area contributed by atoms with E-state index in [-0.39, 0.29) is 17.9 Å². The zero-order valence-electron chi connectivity index (χ0n) is 8.90. The lowest BCUT2D eigenvalue weighted by Crippen LogP contribution is -2.43. The number of fused-ring (bicyclic) bond motifs is 1. The van der Waals surface area contributed by atoms with Crippen molar-refractivity contribution in [1.29, 1.82) is 0 Å². The average molecular weight is 218 g/mol. The fraction of sp³-hybridized carbons (Fsp3) is 0.417. The smallest absolute Gasteiger partial charge is 0.265 e. The van der Waals surface area contributed by atoms with Crippen LogP contribution in [0.1, 0.15) is 6.42 Å². The average Bonchev–Trinajstić information content (AvgIpc) is 2.81. The lowest BCUT2D eigenvalue weighted by Gasteiger charge is -2.29. The van der Waals surface area contributed by atoms with Crippen LogP contribution in [-0.2, 0) is 4.79 Å². The van der Waals surface area contributed by atoms with Crippen LogP contribution in [0.15, 0.2) is 24.3 Å². The highest BCUT2D eigenvalue weighted by Gasteiger charge is 2.35. The van der Waals surface area contributed by atoms with E-state index in [2.05, 4.69) is 10.6 Å². The molecule has 2 N–H and O–H groups in total. The molecule has 1 aromatic rings. The second-order valence-electron chi connectivity index (χ2n) is 4.28. The molecule has 0 aliphatic carbocycles. The maximum Gasteiger partial charge on any atom is 0.265 e. The fourth-order valence-corrected chi connectivity index (χ4v) is 2.31. The molecule has 84 valence electrons. The third-order valence-electron chi connectivity index (χ3n) is 3.18. The van der Waals surface area contributed by atoms with Gasteiger partial charge in [0.25, 0.3) is 5.91 Å². The molecule has 2 heterocycles. The van der Waals surface area contributed by atoms with E-state index < -0.39 is 0 Å². The molecule has 4 heteroatoms. The summed E-state index contributed by atoms with van der Waals surface area (Å²) in [4.78, 5) is 11.9. The number of ether oxygens (including phenoxy) is 1. The first-order chi connectivity index (χ1) is 7.84. The molecule has 1 saturated heterocycles. The van der Waals surface area contributed by atoms with Gasteiger partial charge in [0, 0.05) is 12.5 Å². The summed E-state index contributed by atoms with van der Waals surface area (Å²) >= 11 is 0.